The van der Waals surface area contributed by atoms with Crippen molar-refractivity contribution >= 4 is 0 Å². The lowest BCUT2D eigenvalue weighted by molar-refractivity contribution is 0.477. The van der Waals surface area contributed by atoms with Crippen LogP contribution in [0.5, 0.6) is 11.5 Å². The molecule has 0 saturated carbocycles. The van der Waals surface area contributed by atoms with Gasteiger partial charge < -0.3 is 10.5 Å². The lowest BCUT2D eigenvalue weighted by atomic mass is 9.92. The van der Waals surface area contributed by atoms with Crippen molar-refractivity contribution in [3.05, 3.63) is 53.3 Å². The third-order valence-corrected chi connectivity index (χ3v) is 3.78. The van der Waals surface area contributed by atoms with Gasteiger partial charge in [-0.3, -0.25) is 4.98 Å². The molecule has 0 bridgehead atoms. The maximum absolute atomic E-state index is 5.88. The number of nitrogens with zero attached hydrogens (tertiary/aromatic N) is 1. The molecule has 0 aliphatic heterocycles. The standard InChI is InChI=1S/C17H20N2O/c1-12(18)17-9-8-16(11-19-17)20-15-7-6-13-4-2-3-5-14(13)10-15/h6-12H,2-5,18H2,1H3/t12-/m1/s1. The molecule has 3 heteroatoms. The highest BCUT2D eigenvalue weighted by molar-refractivity contribution is 5.39. The van der Waals surface area contributed by atoms with Crippen molar-refractivity contribution in [3.8, 4) is 11.5 Å². The topological polar surface area (TPSA) is 48.1 Å². The van der Waals surface area contributed by atoms with Gasteiger partial charge in [0.2, 0.25) is 0 Å². The Hall–Kier alpha value is -1.87. The minimum Gasteiger partial charge on any atom is -0.456 e. The summed E-state index contributed by atoms with van der Waals surface area (Å²) in [6.45, 7) is 1.92. The van der Waals surface area contributed by atoms with Crippen molar-refractivity contribution in [2.75, 3.05) is 0 Å². The molecule has 1 aromatic carbocycles. The van der Waals surface area contributed by atoms with E-state index in [1.165, 1.54) is 30.4 Å². The molecular formula is C17H20N2O. The third-order valence-electron chi connectivity index (χ3n) is 3.78. The van der Waals surface area contributed by atoms with Gasteiger partial charge >= 0.3 is 0 Å². The lowest BCUT2D eigenvalue weighted by Crippen LogP contribution is -2.06. The van der Waals surface area contributed by atoms with Crippen LogP contribution in [-0.2, 0) is 12.8 Å². The molecule has 1 aliphatic carbocycles. The molecule has 0 unspecified atom stereocenters. The minimum absolute atomic E-state index is 0.0483. The van der Waals surface area contributed by atoms with Crippen molar-refractivity contribution in [2.45, 2.75) is 38.6 Å². The van der Waals surface area contributed by atoms with Gasteiger partial charge in [0.25, 0.3) is 0 Å². The van der Waals surface area contributed by atoms with Gasteiger partial charge in [0.15, 0.2) is 0 Å². The Kier molecular flexibility index (Phi) is 3.70. The third kappa shape index (κ3) is 2.83. The Morgan fingerprint density at radius 2 is 1.80 bits per heavy atom. The Labute approximate surface area is 119 Å². The first-order valence-corrected chi connectivity index (χ1v) is 7.23. The summed E-state index contributed by atoms with van der Waals surface area (Å²) in [6.07, 6.45) is 6.67. The van der Waals surface area contributed by atoms with Crippen LogP contribution in [0.4, 0.5) is 0 Å². The number of aromatic nitrogens is 1. The van der Waals surface area contributed by atoms with Crippen molar-refractivity contribution in [1.29, 1.82) is 0 Å². The summed E-state index contributed by atoms with van der Waals surface area (Å²) in [7, 11) is 0. The second-order valence-corrected chi connectivity index (χ2v) is 5.45. The zero-order chi connectivity index (χ0) is 13.9. The predicted molar refractivity (Wildman–Crippen MR) is 80.0 cm³/mol. The molecule has 0 saturated heterocycles. The van der Waals surface area contributed by atoms with Crippen LogP contribution in [-0.4, -0.2) is 4.98 Å². The Morgan fingerprint density at radius 3 is 2.50 bits per heavy atom. The molecule has 2 N–H and O–H groups in total. The van der Waals surface area contributed by atoms with E-state index in [9.17, 15) is 0 Å². The number of aryl methyl sites for hydroxylation is 2. The fourth-order valence-electron chi connectivity index (χ4n) is 2.63. The van der Waals surface area contributed by atoms with Crippen molar-refractivity contribution in [1.82, 2.24) is 4.98 Å². The fourth-order valence-corrected chi connectivity index (χ4v) is 2.63. The maximum atomic E-state index is 5.88. The molecule has 3 rings (SSSR count). The monoisotopic (exact) mass is 268 g/mol. The van der Waals surface area contributed by atoms with Gasteiger partial charge in [-0.25, -0.2) is 0 Å². The number of nitrogens with two attached hydrogens (primary N) is 1. The highest BCUT2D eigenvalue weighted by Crippen LogP contribution is 2.28. The van der Waals surface area contributed by atoms with E-state index < -0.39 is 0 Å². The number of hydrogen-bond acceptors (Lipinski definition) is 3. The first-order chi connectivity index (χ1) is 9.72. The van der Waals surface area contributed by atoms with Gasteiger partial charge in [0.1, 0.15) is 11.5 Å². The zero-order valence-corrected chi connectivity index (χ0v) is 11.8. The van der Waals surface area contributed by atoms with Crippen LogP contribution >= 0.6 is 0 Å². The quantitative estimate of drug-likeness (QED) is 0.921. The molecule has 2 aromatic rings. The molecule has 104 valence electrons. The number of pyridine rings is 1. The maximum Gasteiger partial charge on any atom is 0.145 e. The minimum atomic E-state index is -0.0483. The number of fused-ring (bicyclic) bond motifs is 1. The second kappa shape index (κ2) is 5.63. The van der Waals surface area contributed by atoms with Crippen LogP contribution in [0.2, 0.25) is 0 Å². The van der Waals surface area contributed by atoms with E-state index >= 15 is 0 Å². The fraction of sp³-hybridized carbons (Fsp3) is 0.353. The first kappa shape index (κ1) is 13.1. The molecule has 0 radical (unpaired) electrons. The van der Waals surface area contributed by atoms with E-state index in [0.29, 0.717) is 0 Å². The highest BCUT2D eigenvalue weighted by atomic mass is 16.5. The van der Waals surface area contributed by atoms with Gasteiger partial charge in [-0.2, -0.15) is 0 Å². The Balaban J connectivity index is 1.77. The van der Waals surface area contributed by atoms with Crippen molar-refractivity contribution < 1.29 is 4.74 Å². The summed E-state index contributed by atoms with van der Waals surface area (Å²) in [5.74, 6) is 1.64. The summed E-state index contributed by atoms with van der Waals surface area (Å²) < 4.78 is 5.88. The molecular weight excluding hydrogens is 248 g/mol. The Bertz CT molecular complexity index is 590. The largest absolute Gasteiger partial charge is 0.456 e. The van der Waals surface area contributed by atoms with Crippen LogP contribution in [0.15, 0.2) is 36.5 Å². The highest BCUT2D eigenvalue weighted by Gasteiger charge is 2.10. The second-order valence-electron chi connectivity index (χ2n) is 5.45. The average molecular weight is 268 g/mol. The molecule has 20 heavy (non-hydrogen) atoms. The number of benzene rings is 1. The number of rotatable bonds is 3. The first-order valence-electron chi connectivity index (χ1n) is 7.23. The van der Waals surface area contributed by atoms with Crippen LogP contribution < -0.4 is 10.5 Å². The number of ether oxygens (including phenoxy) is 1. The SMILES string of the molecule is C[C@@H](N)c1ccc(Oc2ccc3c(c2)CCCC3)cn1. The van der Waals surface area contributed by atoms with Crippen LogP contribution in [0, 0.1) is 0 Å². The molecule has 1 aromatic heterocycles. The summed E-state index contributed by atoms with van der Waals surface area (Å²) in [4.78, 5) is 4.31. The Morgan fingerprint density at radius 1 is 1.05 bits per heavy atom. The molecule has 1 atom stereocenters. The van der Waals surface area contributed by atoms with Crippen LogP contribution in [0.25, 0.3) is 0 Å². The van der Waals surface area contributed by atoms with E-state index in [4.69, 9.17) is 10.5 Å². The summed E-state index contributed by atoms with van der Waals surface area (Å²) in [6, 6.07) is 10.2. The predicted octanol–water partition coefficient (Wildman–Crippen LogP) is 3.77. The van der Waals surface area contributed by atoms with Crippen molar-refractivity contribution in [2.24, 2.45) is 5.73 Å². The normalized spacial score (nSPS) is 15.5. The van der Waals surface area contributed by atoms with Gasteiger partial charge in [-0.15, -0.1) is 0 Å². The van der Waals surface area contributed by atoms with E-state index in [1.807, 2.05) is 25.1 Å². The van der Waals surface area contributed by atoms with E-state index in [2.05, 4.69) is 17.1 Å². The zero-order valence-electron chi connectivity index (χ0n) is 11.8. The number of hydrogen-bond donors (Lipinski definition) is 1. The summed E-state index contributed by atoms with van der Waals surface area (Å²) in [5, 5.41) is 0. The summed E-state index contributed by atoms with van der Waals surface area (Å²) in [5.41, 5.74) is 9.56. The average Bonchev–Trinajstić information content (AvgIpc) is 2.48. The van der Waals surface area contributed by atoms with Crippen molar-refractivity contribution in [3.63, 3.8) is 0 Å². The molecule has 0 spiro atoms. The van der Waals surface area contributed by atoms with Crippen LogP contribution in [0.3, 0.4) is 0 Å². The molecule has 0 amide bonds. The van der Waals surface area contributed by atoms with E-state index in [0.717, 1.165) is 23.6 Å². The van der Waals surface area contributed by atoms with Gasteiger partial charge in [0.05, 0.1) is 11.9 Å². The van der Waals surface area contributed by atoms with Crippen LogP contribution in [0.1, 0.15) is 42.6 Å². The van der Waals surface area contributed by atoms with Gasteiger partial charge in [0, 0.05) is 6.04 Å². The van der Waals surface area contributed by atoms with E-state index in [-0.39, 0.29) is 6.04 Å². The van der Waals surface area contributed by atoms with Gasteiger partial charge in [-0.05, 0) is 68.0 Å². The van der Waals surface area contributed by atoms with Gasteiger partial charge in [-0.1, -0.05) is 6.07 Å². The smallest absolute Gasteiger partial charge is 0.145 e. The summed E-state index contributed by atoms with van der Waals surface area (Å²) >= 11 is 0. The molecule has 3 nitrogen and oxygen atoms in total. The molecule has 1 aliphatic rings. The molecule has 0 fully saturated rings. The lowest BCUT2D eigenvalue weighted by Gasteiger charge is -2.16. The molecule has 1 heterocycles. The van der Waals surface area contributed by atoms with E-state index in [1.54, 1.807) is 6.20 Å².